The highest BCUT2D eigenvalue weighted by molar-refractivity contribution is 7.20. The van der Waals surface area contributed by atoms with Crippen molar-refractivity contribution in [1.82, 2.24) is 19.7 Å². The van der Waals surface area contributed by atoms with Crippen LogP contribution in [0.3, 0.4) is 0 Å². The third kappa shape index (κ3) is 2.74. The number of aromatic amines is 1. The zero-order valence-corrected chi connectivity index (χ0v) is 14.9. The summed E-state index contributed by atoms with van der Waals surface area (Å²) < 4.78 is 1.43. The maximum absolute atomic E-state index is 12.4. The van der Waals surface area contributed by atoms with Gasteiger partial charge in [-0.25, -0.2) is 4.98 Å². The second-order valence-corrected chi connectivity index (χ2v) is 6.74. The Labute approximate surface area is 145 Å². The van der Waals surface area contributed by atoms with Crippen molar-refractivity contribution in [2.45, 2.75) is 34.2 Å². The van der Waals surface area contributed by atoms with E-state index >= 15 is 0 Å². The molecule has 0 radical (unpaired) electrons. The standard InChI is InChI=1S/C15H15N5O4S/c1-6-11-14(22)16-10(17-15(11)25-13(6)9(4)21)5-19-8(3)12(20(23)24)7(2)18-19/h5H2,1-4H3,(H,16,17,22). The topological polar surface area (TPSA) is 124 Å². The molecule has 0 atom stereocenters. The van der Waals surface area contributed by atoms with E-state index in [-0.39, 0.29) is 23.6 Å². The van der Waals surface area contributed by atoms with E-state index in [1.54, 1.807) is 20.8 Å². The summed E-state index contributed by atoms with van der Waals surface area (Å²) in [6.07, 6.45) is 0. The van der Waals surface area contributed by atoms with Gasteiger partial charge >= 0.3 is 5.69 Å². The van der Waals surface area contributed by atoms with Crippen LogP contribution in [0.2, 0.25) is 0 Å². The van der Waals surface area contributed by atoms with Gasteiger partial charge in [-0.2, -0.15) is 5.10 Å². The molecule has 0 amide bonds. The highest BCUT2D eigenvalue weighted by atomic mass is 32.1. The number of thiophene rings is 1. The Kier molecular flexibility index (Phi) is 3.99. The van der Waals surface area contributed by atoms with Gasteiger partial charge in [0, 0.05) is 0 Å². The summed E-state index contributed by atoms with van der Waals surface area (Å²) in [5, 5.41) is 15.6. The van der Waals surface area contributed by atoms with E-state index in [4.69, 9.17) is 0 Å². The summed E-state index contributed by atoms with van der Waals surface area (Å²) in [7, 11) is 0. The predicted octanol–water partition coefficient (Wildman–Crippen LogP) is 2.27. The number of fused-ring (bicyclic) bond motifs is 1. The van der Waals surface area contributed by atoms with Crippen LogP contribution in [-0.4, -0.2) is 30.5 Å². The van der Waals surface area contributed by atoms with Gasteiger partial charge in [0.15, 0.2) is 5.78 Å². The predicted molar refractivity (Wildman–Crippen MR) is 92.4 cm³/mol. The van der Waals surface area contributed by atoms with E-state index < -0.39 is 4.92 Å². The smallest absolute Gasteiger partial charge is 0.308 e. The molecular weight excluding hydrogens is 346 g/mol. The molecule has 0 aliphatic carbocycles. The van der Waals surface area contributed by atoms with Crippen molar-refractivity contribution in [2.24, 2.45) is 0 Å². The highest BCUT2D eigenvalue weighted by Gasteiger charge is 2.23. The SMILES string of the molecule is CC(=O)c1sc2nc(Cn3nc(C)c([N+](=O)[O-])c3C)[nH]c(=O)c2c1C. The van der Waals surface area contributed by atoms with Gasteiger partial charge in [-0.15, -0.1) is 11.3 Å². The first-order valence-corrected chi connectivity index (χ1v) is 8.24. The molecule has 3 heterocycles. The van der Waals surface area contributed by atoms with Crippen LogP contribution in [0.25, 0.3) is 10.2 Å². The molecule has 0 aromatic carbocycles. The Hall–Kier alpha value is -2.88. The van der Waals surface area contributed by atoms with Gasteiger partial charge in [0.1, 0.15) is 22.0 Å². The third-order valence-corrected chi connectivity index (χ3v) is 5.28. The van der Waals surface area contributed by atoms with Crippen LogP contribution in [0, 0.1) is 30.9 Å². The van der Waals surface area contributed by atoms with E-state index in [0.717, 1.165) is 0 Å². The molecule has 0 bridgehead atoms. The molecule has 130 valence electrons. The van der Waals surface area contributed by atoms with Crippen molar-refractivity contribution in [3.05, 3.63) is 48.1 Å². The molecule has 0 spiro atoms. The number of nitro groups is 1. The molecule has 1 N–H and O–H groups in total. The fourth-order valence-electron chi connectivity index (χ4n) is 2.85. The molecule has 0 saturated heterocycles. The lowest BCUT2D eigenvalue weighted by Gasteiger charge is -2.03. The average Bonchev–Trinajstić information content (AvgIpc) is 2.97. The molecule has 0 unspecified atom stereocenters. The van der Waals surface area contributed by atoms with Crippen LogP contribution in [0.4, 0.5) is 5.69 Å². The van der Waals surface area contributed by atoms with Gasteiger partial charge in [0.2, 0.25) is 0 Å². The fraction of sp³-hybridized carbons (Fsp3) is 0.333. The summed E-state index contributed by atoms with van der Waals surface area (Å²) in [5.41, 5.74) is 0.926. The lowest BCUT2D eigenvalue weighted by atomic mass is 10.2. The first kappa shape index (κ1) is 17.0. The van der Waals surface area contributed by atoms with Gasteiger partial charge in [-0.1, -0.05) is 0 Å². The molecule has 0 aliphatic heterocycles. The number of H-pyrrole nitrogens is 1. The summed E-state index contributed by atoms with van der Waals surface area (Å²) in [4.78, 5) is 42.7. The third-order valence-electron chi connectivity index (χ3n) is 3.99. The lowest BCUT2D eigenvalue weighted by molar-refractivity contribution is -0.386. The van der Waals surface area contributed by atoms with E-state index in [1.165, 1.54) is 22.9 Å². The van der Waals surface area contributed by atoms with Gasteiger partial charge < -0.3 is 4.98 Å². The maximum Gasteiger partial charge on any atom is 0.312 e. The second-order valence-electron chi connectivity index (χ2n) is 5.74. The number of hydrogen-bond donors (Lipinski definition) is 1. The van der Waals surface area contributed by atoms with Gasteiger partial charge in [0.25, 0.3) is 5.56 Å². The number of carbonyl (C=O) groups is 1. The zero-order valence-electron chi connectivity index (χ0n) is 14.0. The minimum atomic E-state index is -0.477. The van der Waals surface area contributed by atoms with E-state index in [1.807, 2.05) is 0 Å². The monoisotopic (exact) mass is 361 g/mol. The van der Waals surface area contributed by atoms with Crippen molar-refractivity contribution in [1.29, 1.82) is 0 Å². The molecule has 3 aromatic heterocycles. The number of aromatic nitrogens is 4. The van der Waals surface area contributed by atoms with Crippen molar-refractivity contribution < 1.29 is 9.72 Å². The molecule has 10 heteroatoms. The van der Waals surface area contributed by atoms with Crippen LogP contribution in [0.15, 0.2) is 4.79 Å². The normalized spacial score (nSPS) is 11.2. The van der Waals surface area contributed by atoms with Crippen LogP contribution in [-0.2, 0) is 6.54 Å². The average molecular weight is 361 g/mol. The number of rotatable bonds is 4. The lowest BCUT2D eigenvalue weighted by Crippen LogP contribution is -2.15. The van der Waals surface area contributed by atoms with Crippen LogP contribution in [0.1, 0.15) is 39.4 Å². The quantitative estimate of drug-likeness (QED) is 0.432. The van der Waals surface area contributed by atoms with Crippen molar-refractivity contribution in [3.8, 4) is 0 Å². The fourth-order valence-corrected chi connectivity index (χ4v) is 3.94. The Balaban J connectivity index is 2.09. The molecule has 0 saturated carbocycles. The Morgan fingerprint density at radius 2 is 2.04 bits per heavy atom. The van der Waals surface area contributed by atoms with Crippen molar-refractivity contribution >= 4 is 33.0 Å². The van der Waals surface area contributed by atoms with Crippen LogP contribution >= 0.6 is 11.3 Å². The molecule has 9 nitrogen and oxygen atoms in total. The minimum absolute atomic E-state index is 0.0470. The van der Waals surface area contributed by atoms with Crippen LogP contribution < -0.4 is 5.56 Å². The Morgan fingerprint density at radius 3 is 2.60 bits per heavy atom. The van der Waals surface area contributed by atoms with Gasteiger partial charge in [-0.3, -0.25) is 24.4 Å². The molecular formula is C15H15N5O4S. The molecule has 0 aliphatic rings. The van der Waals surface area contributed by atoms with Crippen LogP contribution in [0.5, 0.6) is 0 Å². The van der Waals surface area contributed by atoms with E-state index in [9.17, 15) is 19.7 Å². The van der Waals surface area contributed by atoms with Crippen molar-refractivity contribution in [3.63, 3.8) is 0 Å². The number of nitrogens with zero attached hydrogens (tertiary/aromatic N) is 4. The number of nitrogens with one attached hydrogen (secondary N) is 1. The number of Topliss-reactive ketones (excluding diaryl/α,β-unsaturated/α-hetero) is 1. The number of hydrogen-bond acceptors (Lipinski definition) is 7. The van der Waals surface area contributed by atoms with Gasteiger partial charge in [0.05, 0.1) is 21.7 Å². The number of aryl methyl sites for hydroxylation is 2. The maximum atomic E-state index is 12.4. The Bertz CT molecular complexity index is 1090. The van der Waals surface area contributed by atoms with Crippen molar-refractivity contribution in [2.75, 3.05) is 0 Å². The first-order chi connectivity index (χ1) is 11.7. The first-order valence-electron chi connectivity index (χ1n) is 7.42. The molecule has 25 heavy (non-hydrogen) atoms. The number of ketones is 1. The highest BCUT2D eigenvalue weighted by Crippen LogP contribution is 2.27. The summed E-state index contributed by atoms with van der Waals surface area (Å²) in [6, 6.07) is 0. The molecule has 3 aromatic rings. The Morgan fingerprint density at radius 1 is 1.36 bits per heavy atom. The summed E-state index contributed by atoms with van der Waals surface area (Å²) >= 11 is 1.17. The van der Waals surface area contributed by atoms with E-state index in [0.29, 0.717) is 37.9 Å². The summed E-state index contributed by atoms with van der Waals surface area (Å²) in [6.45, 7) is 6.41. The second kappa shape index (κ2) is 5.88. The molecule has 3 rings (SSSR count). The zero-order chi connectivity index (χ0) is 18.5. The number of carbonyl (C=O) groups excluding carboxylic acids is 1. The minimum Gasteiger partial charge on any atom is -0.308 e. The molecule has 0 fully saturated rings. The van der Waals surface area contributed by atoms with Gasteiger partial charge in [-0.05, 0) is 33.3 Å². The largest absolute Gasteiger partial charge is 0.312 e. The van der Waals surface area contributed by atoms with E-state index in [2.05, 4.69) is 15.1 Å². The summed E-state index contributed by atoms with van der Waals surface area (Å²) in [5.74, 6) is 0.213.